The van der Waals surface area contributed by atoms with Gasteiger partial charge in [-0.15, -0.1) is 0 Å². The van der Waals surface area contributed by atoms with Crippen LogP contribution in [0.3, 0.4) is 0 Å². The van der Waals surface area contributed by atoms with Crippen molar-refractivity contribution < 1.29 is 0 Å². The lowest BCUT2D eigenvalue weighted by atomic mass is 9.86. The maximum atomic E-state index is 6.03. The van der Waals surface area contributed by atoms with E-state index in [-0.39, 0.29) is 5.41 Å². The van der Waals surface area contributed by atoms with Crippen LogP contribution in [0.15, 0.2) is 30.7 Å². The standard InChI is InChI=1S/C14H15ClIN3/c1-14(4-5-17-8-14)13-7-18-9-19(13)12-3-2-10(15)6-11(12)16/h2-3,6-7,9,17H,4-5,8H2,1H3. The van der Waals surface area contributed by atoms with E-state index in [1.165, 1.54) is 5.69 Å². The lowest BCUT2D eigenvalue weighted by molar-refractivity contribution is 0.498. The zero-order chi connectivity index (χ0) is 13.5. The molecule has 0 aliphatic carbocycles. The highest BCUT2D eigenvalue weighted by atomic mass is 127. The van der Waals surface area contributed by atoms with Gasteiger partial charge >= 0.3 is 0 Å². The van der Waals surface area contributed by atoms with Gasteiger partial charge in [0.2, 0.25) is 0 Å². The summed E-state index contributed by atoms with van der Waals surface area (Å²) in [4.78, 5) is 4.35. The minimum atomic E-state index is 0.152. The third kappa shape index (κ3) is 2.41. The molecule has 19 heavy (non-hydrogen) atoms. The van der Waals surface area contributed by atoms with Crippen molar-refractivity contribution in [3.63, 3.8) is 0 Å². The summed E-state index contributed by atoms with van der Waals surface area (Å²) in [6.45, 7) is 4.37. The number of halogens is 2. The summed E-state index contributed by atoms with van der Waals surface area (Å²) in [5.74, 6) is 0. The molecule has 1 fully saturated rings. The van der Waals surface area contributed by atoms with Crippen LogP contribution in [-0.2, 0) is 5.41 Å². The van der Waals surface area contributed by atoms with Gasteiger partial charge in [-0.1, -0.05) is 18.5 Å². The highest BCUT2D eigenvalue weighted by Crippen LogP contribution is 2.32. The van der Waals surface area contributed by atoms with E-state index in [4.69, 9.17) is 11.6 Å². The van der Waals surface area contributed by atoms with Crippen LogP contribution < -0.4 is 5.32 Å². The second kappa shape index (κ2) is 5.07. The molecule has 0 bridgehead atoms. The quantitative estimate of drug-likeness (QED) is 0.801. The molecular weight excluding hydrogens is 373 g/mol. The fourth-order valence-corrected chi connectivity index (χ4v) is 3.78. The van der Waals surface area contributed by atoms with E-state index in [1.54, 1.807) is 0 Å². The molecule has 1 saturated heterocycles. The van der Waals surface area contributed by atoms with Gasteiger partial charge in [0, 0.05) is 32.4 Å². The van der Waals surface area contributed by atoms with E-state index in [2.05, 4.69) is 50.4 Å². The van der Waals surface area contributed by atoms with E-state index < -0.39 is 0 Å². The minimum absolute atomic E-state index is 0.152. The molecular formula is C14H15ClIN3. The first-order valence-corrected chi connectivity index (χ1v) is 7.75. The summed E-state index contributed by atoms with van der Waals surface area (Å²) in [5, 5.41) is 4.21. The van der Waals surface area contributed by atoms with E-state index in [0.717, 1.165) is 33.8 Å². The summed E-state index contributed by atoms with van der Waals surface area (Å²) in [6.07, 6.45) is 5.02. The molecule has 2 heterocycles. The Bertz CT molecular complexity index is 602. The second-order valence-corrected chi connectivity index (χ2v) is 6.83. The minimum Gasteiger partial charge on any atom is -0.316 e. The van der Waals surface area contributed by atoms with Crippen LogP contribution in [0.1, 0.15) is 19.0 Å². The van der Waals surface area contributed by atoms with Crippen LogP contribution in [-0.4, -0.2) is 22.6 Å². The van der Waals surface area contributed by atoms with Crippen molar-refractivity contribution in [2.45, 2.75) is 18.8 Å². The summed E-state index contributed by atoms with van der Waals surface area (Å²) in [5.41, 5.74) is 2.56. The summed E-state index contributed by atoms with van der Waals surface area (Å²) < 4.78 is 3.32. The van der Waals surface area contributed by atoms with Crippen LogP contribution in [0.4, 0.5) is 0 Å². The second-order valence-electron chi connectivity index (χ2n) is 5.23. The molecule has 0 spiro atoms. The average molecular weight is 388 g/mol. The first-order chi connectivity index (χ1) is 9.10. The number of hydrogen-bond donors (Lipinski definition) is 1. The van der Waals surface area contributed by atoms with Crippen molar-refractivity contribution in [3.05, 3.63) is 45.0 Å². The highest BCUT2D eigenvalue weighted by Gasteiger charge is 2.33. The van der Waals surface area contributed by atoms with Crippen molar-refractivity contribution in [2.75, 3.05) is 13.1 Å². The zero-order valence-corrected chi connectivity index (χ0v) is 13.6. The van der Waals surface area contributed by atoms with Gasteiger partial charge < -0.3 is 9.88 Å². The molecule has 5 heteroatoms. The van der Waals surface area contributed by atoms with Crippen LogP contribution in [0.5, 0.6) is 0 Å². The third-order valence-corrected chi connectivity index (χ3v) is 4.89. The Kier molecular flexibility index (Phi) is 3.57. The lowest BCUT2D eigenvalue weighted by Crippen LogP contribution is -2.27. The Hall–Kier alpha value is -0.590. The van der Waals surface area contributed by atoms with Crippen molar-refractivity contribution in [1.82, 2.24) is 14.9 Å². The Morgan fingerprint density at radius 2 is 2.32 bits per heavy atom. The van der Waals surface area contributed by atoms with Crippen LogP contribution in [0, 0.1) is 3.57 Å². The van der Waals surface area contributed by atoms with Crippen LogP contribution >= 0.6 is 34.2 Å². The molecule has 3 nitrogen and oxygen atoms in total. The van der Waals surface area contributed by atoms with Crippen molar-refractivity contribution >= 4 is 34.2 Å². The fraction of sp³-hybridized carbons (Fsp3) is 0.357. The average Bonchev–Trinajstić information content (AvgIpc) is 2.98. The van der Waals surface area contributed by atoms with Crippen LogP contribution in [0.2, 0.25) is 5.02 Å². The molecule has 2 aromatic rings. The maximum Gasteiger partial charge on any atom is 0.0994 e. The molecule has 1 unspecified atom stereocenters. The number of imidazole rings is 1. The van der Waals surface area contributed by atoms with Gasteiger partial charge in [0.25, 0.3) is 0 Å². The Morgan fingerprint density at radius 1 is 1.47 bits per heavy atom. The lowest BCUT2D eigenvalue weighted by Gasteiger charge is -2.24. The molecule has 0 amide bonds. The molecule has 1 aromatic heterocycles. The molecule has 0 saturated carbocycles. The number of rotatable bonds is 2. The Morgan fingerprint density at radius 3 is 3.00 bits per heavy atom. The van der Waals surface area contributed by atoms with Crippen molar-refractivity contribution in [1.29, 1.82) is 0 Å². The van der Waals surface area contributed by atoms with E-state index in [1.807, 2.05) is 24.7 Å². The smallest absolute Gasteiger partial charge is 0.0994 e. The van der Waals surface area contributed by atoms with E-state index >= 15 is 0 Å². The first-order valence-electron chi connectivity index (χ1n) is 6.29. The number of hydrogen-bond acceptors (Lipinski definition) is 2. The summed E-state index contributed by atoms with van der Waals surface area (Å²) >= 11 is 8.36. The predicted molar refractivity (Wildman–Crippen MR) is 86.1 cm³/mol. The van der Waals surface area contributed by atoms with Gasteiger partial charge in [0.1, 0.15) is 0 Å². The van der Waals surface area contributed by atoms with Crippen molar-refractivity contribution in [2.24, 2.45) is 0 Å². The van der Waals surface area contributed by atoms with E-state index in [0.29, 0.717) is 0 Å². The first kappa shape index (κ1) is 13.4. The molecule has 1 N–H and O–H groups in total. The number of nitrogens with zero attached hydrogens (tertiary/aromatic N) is 2. The topological polar surface area (TPSA) is 29.9 Å². The molecule has 3 rings (SSSR count). The molecule has 0 radical (unpaired) electrons. The molecule has 1 aliphatic rings. The SMILES string of the molecule is CC1(c2cncn2-c2ccc(Cl)cc2I)CCNC1. The Balaban J connectivity index is 2.09. The number of benzene rings is 1. The number of nitrogens with one attached hydrogen (secondary N) is 1. The molecule has 1 aromatic carbocycles. The van der Waals surface area contributed by atoms with Gasteiger partial charge in [-0.2, -0.15) is 0 Å². The molecule has 100 valence electrons. The normalized spacial score (nSPS) is 22.9. The van der Waals surface area contributed by atoms with E-state index in [9.17, 15) is 0 Å². The maximum absolute atomic E-state index is 6.03. The molecule has 1 atom stereocenters. The summed E-state index contributed by atoms with van der Waals surface area (Å²) in [7, 11) is 0. The van der Waals surface area contributed by atoms with Gasteiger partial charge in [-0.3, -0.25) is 0 Å². The largest absolute Gasteiger partial charge is 0.316 e. The molecule has 1 aliphatic heterocycles. The highest BCUT2D eigenvalue weighted by molar-refractivity contribution is 14.1. The van der Waals surface area contributed by atoms with Gasteiger partial charge in [0.05, 0.1) is 12.0 Å². The van der Waals surface area contributed by atoms with Crippen LogP contribution in [0.25, 0.3) is 5.69 Å². The summed E-state index contributed by atoms with van der Waals surface area (Å²) in [6, 6.07) is 5.97. The van der Waals surface area contributed by atoms with Gasteiger partial charge in [0.15, 0.2) is 0 Å². The Labute approximate surface area is 131 Å². The monoisotopic (exact) mass is 387 g/mol. The zero-order valence-electron chi connectivity index (χ0n) is 10.7. The fourth-order valence-electron chi connectivity index (χ4n) is 2.65. The van der Waals surface area contributed by atoms with Gasteiger partial charge in [-0.05, 0) is 53.8 Å². The van der Waals surface area contributed by atoms with Gasteiger partial charge in [-0.25, -0.2) is 4.98 Å². The number of aromatic nitrogens is 2. The predicted octanol–water partition coefficient (Wildman–Crippen LogP) is 3.38. The van der Waals surface area contributed by atoms with Crippen molar-refractivity contribution in [3.8, 4) is 5.69 Å². The third-order valence-electron chi connectivity index (χ3n) is 3.79.